The fourth-order valence-corrected chi connectivity index (χ4v) is 3.00. The minimum absolute atomic E-state index is 0.149. The van der Waals surface area contributed by atoms with Crippen LogP contribution in [0.3, 0.4) is 0 Å². The smallest absolute Gasteiger partial charge is 0.155 e. The second-order valence-corrected chi connectivity index (χ2v) is 8.56. The van der Waals surface area contributed by atoms with Crippen molar-refractivity contribution >= 4 is 9.84 Å². The number of hydrogen-bond acceptors (Lipinski definition) is 4. The van der Waals surface area contributed by atoms with Crippen LogP contribution in [0.4, 0.5) is 0 Å². The first-order valence-corrected chi connectivity index (χ1v) is 7.41. The molecule has 0 amide bonds. The summed E-state index contributed by atoms with van der Waals surface area (Å²) >= 11 is 0. The van der Waals surface area contributed by atoms with Gasteiger partial charge in [-0.1, -0.05) is 0 Å². The lowest BCUT2D eigenvalue weighted by atomic mass is 9.91. The van der Waals surface area contributed by atoms with Crippen molar-refractivity contribution in [2.45, 2.75) is 50.3 Å². The molecule has 1 aliphatic heterocycles. The Morgan fingerprint density at radius 3 is 2.44 bits per heavy atom. The molecule has 0 aliphatic carbocycles. The van der Waals surface area contributed by atoms with Crippen molar-refractivity contribution in [2.24, 2.45) is 5.73 Å². The highest BCUT2D eigenvalue weighted by Crippen LogP contribution is 2.24. The molecule has 0 aromatic heterocycles. The molecule has 1 aliphatic rings. The molecular weight excluding hydrogens is 226 g/mol. The molecule has 0 saturated carbocycles. The molecule has 1 fully saturated rings. The maximum absolute atomic E-state index is 11.9. The summed E-state index contributed by atoms with van der Waals surface area (Å²) in [4.78, 5) is 0. The summed E-state index contributed by atoms with van der Waals surface area (Å²) in [6.45, 7) is 6.40. The summed E-state index contributed by atoms with van der Waals surface area (Å²) in [5.41, 5.74) is 5.67. The molecule has 1 atom stereocenters. The van der Waals surface area contributed by atoms with Crippen LogP contribution in [0.25, 0.3) is 0 Å². The predicted octanol–water partition coefficient (Wildman–Crippen LogP) is 1.10. The highest BCUT2D eigenvalue weighted by molar-refractivity contribution is 7.92. The van der Waals surface area contributed by atoms with Crippen LogP contribution in [-0.4, -0.2) is 37.7 Å². The molecule has 4 nitrogen and oxygen atoms in total. The van der Waals surface area contributed by atoms with Gasteiger partial charge < -0.3 is 10.5 Å². The molecule has 0 aromatic carbocycles. The van der Waals surface area contributed by atoms with Crippen molar-refractivity contribution in [3.05, 3.63) is 0 Å². The molecule has 0 bridgehead atoms. The molecular formula is C11H23NO3S. The second-order valence-electron chi connectivity index (χ2n) is 5.70. The average molecular weight is 249 g/mol. The number of ether oxygens (including phenoxy) is 1. The molecule has 1 rings (SSSR count). The number of sulfone groups is 1. The quantitative estimate of drug-likeness (QED) is 0.813. The molecule has 96 valence electrons. The van der Waals surface area contributed by atoms with Crippen molar-refractivity contribution in [1.82, 2.24) is 0 Å². The third-order valence-electron chi connectivity index (χ3n) is 3.15. The van der Waals surface area contributed by atoms with Crippen LogP contribution in [0.2, 0.25) is 0 Å². The third kappa shape index (κ3) is 3.43. The van der Waals surface area contributed by atoms with E-state index < -0.39 is 20.1 Å². The zero-order valence-corrected chi connectivity index (χ0v) is 11.3. The first kappa shape index (κ1) is 13.9. The van der Waals surface area contributed by atoms with Gasteiger partial charge in [0.05, 0.1) is 17.1 Å². The lowest BCUT2D eigenvalue weighted by Crippen LogP contribution is -2.49. The van der Waals surface area contributed by atoms with Gasteiger partial charge in [-0.3, -0.25) is 0 Å². The Morgan fingerprint density at radius 1 is 1.38 bits per heavy atom. The Labute approximate surface area is 98.5 Å². The molecule has 0 radical (unpaired) electrons. The van der Waals surface area contributed by atoms with Gasteiger partial charge in [0.1, 0.15) is 0 Å². The molecule has 16 heavy (non-hydrogen) atoms. The normalized spacial score (nSPS) is 28.0. The maximum Gasteiger partial charge on any atom is 0.155 e. The van der Waals surface area contributed by atoms with Crippen LogP contribution in [0.5, 0.6) is 0 Å². The van der Waals surface area contributed by atoms with Gasteiger partial charge in [-0.05, 0) is 40.0 Å². The lowest BCUT2D eigenvalue weighted by Gasteiger charge is -2.34. The van der Waals surface area contributed by atoms with Gasteiger partial charge in [0, 0.05) is 12.1 Å². The third-order valence-corrected chi connectivity index (χ3v) is 5.76. The molecule has 1 saturated heterocycles. The van der Waals surface area contributed by atoms with Crippen LogP contribution in [-0.2, 0) is 14.6 Å². The Balaban J connectivity index is 2.57. The first-order valence-electron chi connectivity index (χ1n) is 5.75. The standard InChI is InChI=1S/C11H23NO3S/c1-10(2,3)16(13,14)8-6-11(12)5-4-7-15-9-11/h4-9,12H2,1-3H3. The fraction of sp³-hybridized carbons (Fsp3) is 1.00. The summed E-state index contributed by atoms with van der Waals surface area (Å²) in [6, 6.07) is 0. The van der Waals surface area contributed by atoms with E-state index in [9.17, 15) is 8.42 Å². The van der Waals surface area contributed by atoms with E-state index >= 15 is 0 Å². The van der Waals surface area contributed by atoms with E-state index in [1.54, 1.807) is 20.8 Å². The molecule has 1 unspecified atom stereocenters. The summed E-state index contributed by atoms with van der Waals surface area (Å²) in [7, 11) is -3.07. The number of hydrogen-bond donors (Lipinski definition) is 1. The van der Waals surface area contributed by atoms with Crippen molar-refractivity contribution in [3.63, 3.8) is 0 Å². The molecule has 5 heteroatoms. The highest BCUT2D eigenvalue weighted by Gasteiger charge is 2.34. The minimum atomic E-state index is -3.07. The van der Waals surface area contributed by atoms with Gasteiger partial charge in [0.2, 0.25) is 0 Å². The Kier molecular flexibility index (Phi) is 4.03. The Hall–Kier alpha value is -0.130. The van der Waals surface area contributed by atoms with E-state index in [2.05, 4.69) is 0 Å². The predicted molar refractivity (Wildman–Crippen MR) is 65.1 cm³/mol. The highest BCUT2D eigenvalue weighted by atomic mass is 32.2. The number of nitrogens with two attached hydrogens (primary N) is 1. The SMILES string of the molecule is CC(C)(C)S(=O)(=O)CCC1(N)CCCOC1. The Morgan fingerprint density at radius 2 is 2.00 bits per heavy atom. The van der Waals surface area contributed by atoms with Gasteiger partial charge in [-0.25, -0.2) is 8.42 Å². The van der Waals surface area contributed by atoms with Crippen molar-refractivity contribution in [3.8, 4) is 0 Å². The fourth-order valence-electron chi connectivity index (χ4n) is 1.71. The molecule has 0 spiro atoms. The van der Waals surface area contributed by atoms with Gasteiger partial charge in [0.25, 0.3) is 0 Å². The van der Waals surface area contributed by atoms with Crippen molar-refractivity contribution < 1.29 is 13.2 Å². The second kappa shape index (κ2) is 4.63. The van der Waals surface area contributed by atoms with Crippen LogP contribution >= 0.6 is 0 Å². The number of rotatable bonds is 3. The zero-order chi connectivity index (χ0) is 12.4. The van der Waals surface area contributed by atoms with Crippen LogP contribution < -0.4 is 5.73 Å². The van der Waals surface area contributed by atoms with Crippen LogP contribution in [0.15, 0.2) is 0 Å². The maximum atomic E-state index is 11.9. The van der Waals surface area contributed by atoms with Crippen LogP contribution in [0.1, 0.15) is 40.0 Å². The van der Waals surface area contributed by atoms with E-state index in [0.29, 0.717) is 13.0 Å². The van der Waals surface area contributed by atoms with Gasteiger partial charge in [0.15, 0.2) is 9.84 Å². The molecule has 2 N–H and O–H groups in total. The van der Waals surface area contributed by atoms with Gasteiger partial charge in [-0.15, -0.1) is 0 Å². The van der Waals surface area contributed by atoms with Crippen LogP contribution in [0, 0.1) is 0 Å². The largest absolute Gasteiger partial charge is 0.380 e. The minimum Gasteiger partial charge on any atom is -0.380 e. The monoisotopic (exact) mass is 249 g/mol. The van der Waals surface area contributed by atoms with E-state index in [4.69, 9.17) is 10.5 Å². The topological polar surface area (TPSA) is 69.4 Å². The molecule has 0 aromatic rings. The van der Waals surface area contributed by atoms with E-state index in [1.165, 1.54) is 0 Å². The summed E-state index contributed by atoms with van der Waals surface area (Å²) in [5, 5.41) is 0. The van der Waals surface area contributed by atoms with E-state index in [-0.39, 0.29) is 5.75 Å². The van der Waals surface area contributed by atoms with Crippen molar-refractivity contribution in [2.75, 3.05) is 19.0 Å². The van der Waals surface area contributed by atoms with Gasteiger partial charge >= 0.3 is 0 Å². The summed E-state index contributed by atoms with van der Waals surface area (Å²) < 4.78 is 28.5. The Bertz CT molecular complexity index is 324. The summed E-state index contributed by atoms with van der Waals surface area (Å²) in [6.07, 6.45) is 2.27. The zero-order valence-electron chi connectivity index (χ0n) is 10.5. The molecule has 1 heterocycles. The lowest BCUT2D eigenvalue weighted by molar-refractivity contribution is 0.0368. The first-order chi connectivity index (χ1) is 7.16. The van der Waals surface area contributed by atoms with Crippen molar-refractivity contribution in [1.29, 1.82) is 0 Å². The average Bonchev–Trinajstić information content (AvgIpc) is 2.15. The van der Waals surface area contributed by atoms with Gasteiger partial charge in [-0.2, -0.15) is 0 Å². The van der Waals surface area contributed by atoms with E-state index in [1.807, 2.05) is 0 Å². The van der Waals surface area contributed by atoms with E-state index in [0.717, 1.165) is 19.4 Å². The summed E-state index contributed by atoms with van der Waals surface area (Å²) in [5.74, 6) is 0.149.